The molecular weight excluding hydrogens is 283 g/mol. The number of fused-ring (bicyclic) bond motifs is 1. The molecule has 0 radical (unpaired) electrons. The molecule has 0 unspecified atom stereocenters. The second-order valence-corrected chi connectivity index (χ2v) is 4.53. The van der Waals surface area contributed by atoms with Gasteiger partial charge in [0.1, 0.15) is 0 Å². The zero-order valence-electron chi connectivity index (χ0n) is 8.24. The predicted octanol–water partition coefficient (Wildman–Crippen LogP) is 4.43. The van der Waals surface area contributed by atoms with Gasteiger partial charge in [-0.05, 0) is 30.2 Å². The molecule has 0 aliphatic rings. The average Bonchev–Trinajstić information content (AvgIpc) is 2.56. The van der Waals surface area contributed by atoms with Crippen LogP contribution in [0.5, 0.6) is 0 Å². The first kappa shape index (κ1) is 11.5. The Bertz CT molecular complexity index is 501. The van der Waals surface area contributed by atoms with E-state index < -0.39 is 12.6 Å². The lowest BCUT2D eigenvalue weighted by Gasteiger charge is -2.04. The second kappa shape index (κ2) is 4.13. The molecule has 86 valence electrons. The standard InChI is InChI=1S/C11H9BrF3N/c12-8-1-2-10-9(5-8)7(6-16-10)3-4-11(13,14)15/h1-2,5-6,16H,3-4H2. The van der Waals surface area contributed by atoms with Crippen LogP contribution in [0, 0.1) is 0 Å². The predicted molar refractivity (Wildman–Crippen MR) is 60.4 cm³/mol. The van der Waals surface area contributed by atoms with Crippen molar-refractivity contribution in [3.63, 3.8) is 0 Å². The Morgan fingerprint density at radius 1 is 1.25 bits per heavy atom. The number of H-pyrrole nitrogens is 1. The number of aromatic amines is 1. The van der Waals surface area contributed by atoms with Gasteiger partial charge >= 0.3 is 6.18 Å². The van der Waals surface area contributed by atoms with E-state index >= 15 is 0 Å². The van der Waals surface area contributed by atoms with Crippen molar-refractivity contribution in [1.82, 2.24) is 4.98 Å². The third-order valence-corrected chi connectivity index (χ3v) is 2.90. The van der Waals surface area contributed by atoms with Crippen LogP contribution in [-0.4, -0.2) is 11.2 Å². The third-order valence-electron chi connectivity index (χ3n) is 2.41. The lowest BCUT2D eigenvalue weighted by molar-refractivity contribution is -0.133. The lowest BCUT2D eigenvalue weighted by Crippen LogP contribution is -2.08. The number of rotatable bonds is 2. The molecule has 16 heavy (non-hydrogen) atoms. The Kier molecular flexibility index (Phi) is 2.97. The minimum atomic E-state index is -4.10. The summed E-state index contributed by atoms with van der Waals surface area (Å²) in [5.74, 6) is 0. The minimum absolute atomic E-state index is 0.0138. The van der Waals surface area contributed by atoms with Crippen LogP contribution in [-0.2, 0) is 6.42 Å². The number of aryl methyl sites for hydroxylation is 1. The number of benzene rings is 1. The van der Waals surface area contributed by atoms with Crippen molar-refractivity contribution in [2.24, 2.45) is 0 Å². The van der Waals surface area contributed by atoms with E-state index in [-0.39, 0.29) is 6.42 Å². The smallest absolute Gasteiger partial charge is 0.361 e. The Morgan fingerprint density at radius 3 is 2.69 bits per heavy atom. The first-order valence-electron chi connectivity index (χ1n) is 4.78. The van der Waals surface area contributed by atoms with Crippen molar-refractivity contribution >= 4 is 26.8 Å². The molecule has 0 atom stereocenters. The number of aromatic nitrogens is 1. The zero-order chi connectivity index (χ0) is 11.8. The van der Waals surface area contributed by atoms with Gasteiger partial charge in [-0.3, -0.25) is 0 Å². The van der Waals surface area contributed by atoms with E-state index in [9.17, 15) is 13.2 Å². The second-order valence-electron chi connectivity index (χ2n) is 3.62. The van der Waals surface area contributed by atoms with E-state index in [1.807, 2.05) is 18.2 Å². The molecule has 1 heterocycles. The van der Waals surface area contributed by atoms with E-state index in [1.165, 1.54) is 0 Å². The highest BCUT2D eigenvalue weighted by atomic mass is 79.9. The molecule has 0 saturated heterocycles. The maximum Gasteiger partial charge on any atom is 0.389 e. The number of alkyl halides is 3. The van der Waals surface area contributed by atoms with Crippen LogP contribution in [0.4, 0.5) is 13.2 Å². The summed E-state index contributed by atoms with van der Waals surface area (Å²) < 4.78 is 37.2. The van der Waals surface area contributed by atoms with Crippen molar-refractivity contribution in [3.05, 3.63) is 34.4 Å². The van der Waals surface area contributed by atoms with Gasteiger partial charge in [-0.2, -0.15) is 13.2 Å². The maximum atomic E-state index is 12.1. The Hall–Kier alpha value is -0.970. The number of hydrogen-bond acceptors (Lipinski definition) is 0. The molecule has 0 amide bonds. The Balaban J connectivity index is 2.28. The molecule has 1 nitrogen and oxygen atoms in total. The van der Waals surface area contributed by atoms with Gasteiger partial charge in [0.05, 0.1) is 0 Å². The van der Waals surface area contributed by atoms with Gasteiger partial charge in [0.25, 0.3) is 0 Å². The summed E-state index contributed by atoms with van der Waals surface area (Å²) in [6.45, 7) is 0. The fourth-order valence-corrected chi connectivity index (χ4v) is 1.99. The SMILES string of the molecule is FC(F)(F)CCc1c[nH]c2ccc(Br)cc12. The van der Waals surface area contributed by atoms with E-state index in [4.69, 9.17) is 0 Å². The molecule has 1 aromatic heterocycles. The van der Waals surface area contributed by atoms with Crippen molar-refractivity contribution < 1.29 is 13.2 Å². The van der Waals surface area contributed by atoms with E-state index in [0.29, 0.717) is 5.56 Å². The fraction of sp³-hybridized carbons (Fsp3) is 0.273. The normalized spacial score (nSPS) is 12.2. The molecule has 0 saturated carbocycles. The van der Waals surface area contributed by atoms with Crippen molar-refractivity contribution in [2.45, 2.75) is 19.0 Å². The average molecular weight is 292 g/mol. The summed E-state index contributed by atoms with van der Waals surface area (Å²) >= 11 is 3.31. The first-order valence-corrected chi connectivity index (χ1v) is 5.57. The molecule has 0 bridgehead atoms. The van der Waals surface area contributed by atoms with Crippen LogP contribution in [0.2, 0.25) is 0 Å². The summed E-state index contributed by atoms with van der Waals surface area (Å²) in [5, 5.41) is 0.846. The third kappa shape index (κ3) is 2.58. The highest BCUT2D eigenvalue weighted by Gasteiger charge is 2.26. The molecule has 1 N–H and O–H groups in total. The van der Waals surface area contributed by atoms with Gasteiger partial charge in [0.15, 0.2) is 0 Å². The van der Waals surface area contributed by atoms with Gasteiger partial charge in [-0.25, -0.2) is 0 Å². The minimum Gasteiger partial charge on any atom is -0.361 e. The van der Waals surface area contributed by atoms with Crippen LogP contribution in [0.1, 0.15) is 12.0 Å². The molecule has 0 spiro atoms. The number of halogens is 4. The van der Waals surface area contributed by atoms with Crippen LogP contribution < -0.4 is 0 Å². The topological polar surface area (TPSA) is 15.8 Å². The fourth-order valence-electron chi connectivity index (χ4n) is 1.63. The molecule has 5 heteroatoms. The largest absolute Gasteiger partial charge is 0.389 e. The number of nitrogens with one attached hydrogen (secondary N) is 1. The maximum absolute atomic E-state index is 12.1. The van der Waals surface area contributed by atoms with E-state index in [0.717, 1.165) is 15.4 Å². The number of hydrogen-bond donors (Lipinski definition) is 1. The molecule has 0 aliphatic heterocycles. The van der Waals surface area contributed by atoms with Gasteiger partial charge in [0.2, 0.25) is 0 Å². The van der Waals surface area contributed by atoms with Gasteiger partial charge < -0.3 is 4.98 Å². The van der Waals surface area contributed by atoms with Gasteiger partial charge in [0, 0.05) is 28.0 Å². The van der Waals surface area contributed by atoms with Crippen molar-refractivity contribution in [3.8, 4) is 0 Å². The van der Waals surface area contributed by atoms with Crippen molar-refractivity contribution in [2.75, 3.05) is 0 Å². The van der Waals surface area contributed by atoms with Crippen LogP contribution >= 0.6 is 15.9 Å². The monoisotopic (exact) mass is 291 g/mol. The molecule has 1 aromatic carbocycles. The molecular formula is C11H9BrF3N. The van der Waals surface area contributed by atoms with Crippen molar-refractivity contribution in [1.29, 1.82) is 0 Å². The summed E-state index contributed by atoms with van der Waals surface area (Å²) in [6.07, 6.45) is -3.23. The van der Waals surface area contributed by atoms with E-state index in [1.54, 1.807) is 6.20 Å². The van der Waals surface area contributed by atoms with Crippen LogP contribution in [0.15, 0.2) is 28.9 Å². The van der Waals surface area contributed by atoms with Gasteiger partial charge in [-0.15, -0.1) is 0 Å². The molecule has 0 fully saturated rings. The van der Waals surface area contributed by atoms with Gasteiger partial charge in [-0.1, -0.05) is 15.9 Å². The first-order chi connectivity index (χ1) is 7.46. The Labute approximate surface area is 98.8 Å². The summed E-state index contributed by atoms with van der Waals surface area (Å²) in [6, 6.07) is 5.53. The van der Waals surface area contributed by atoms with E-state index in [2.05, 4.69) is 20.9 Å². The highest BCUT2D eigenvalue weighted by molar-refractivity contribution is 9.10. The quantitative estimate of drug-likeness (QED) is 0.843. The lowest BCUT2D eigenvalue weighted by atomic mass is 10.1. The summed E-state index contributed by atoms with van der Waals surface area (Å²) in [4.78, 5) is 2.96. The van der Waals surface area contributed by atoms with Crippen LogP contribution in [0.3, 0.4) is 0 Å². The molecule has 0 aliphatic carbocycles. The van der Waals surface area contributed by atoms with Crippen LogP contribution in [0.25, 0.3) is 10.9 Å². The highest BCUT2D eigenvalue weighted by Crippen LogP contribution is 2.27. The zero-order valence-corrected chi connectivity index (χ0v) is 9.82. The molecule has 2 aromatic rings. The Morgan fingerprint density at radius 2 is 2.00 bits per heavy atom. The summed E-state index contributed by atoms with van der Waals surface area (Å²) in [5.41, 5.74) is 1.56. The molecule has 2 rings (SSSR count). The summed E-state index contributed by atoms with van der Waals surface area (Å²) in [7, 11) is 0.